The fourth-order valence-corrected chi connectivity index (χ4v) is 3.63. The zero-order valence-electron chi connectivity index (χ0n) is 16.1. The van der Waals surface area contributed by atoms with E-state index in [1.807, 2.05) is 13.8 Å². The van der Waals surface area contributed by atoms with Crippen molar-refractivity contribution >= 4 is 17.9 Å². The molecule has 3 amide bonds. The van der Waals surface area contributed by atoms with Crippen LogP contribution in [0.4, 0.5) is 4.79 Å². The maximum Gasteiger partial charge on any atom is 0.408 e. The maximum atomic E-state index is 13.1. The second kappa shape index (κ2) is 6.84. The topological polar surface area (TPSA) is 87.7 Å². The van der Waals surface area contributed by atoms with Crippen molar-refractivity contribution in [2.24, 2.45) is 17.8 Å². The molecule has 1 heterocycles. The van der Waals surface area contributed by atoms with Crippen LogP contribution in [0.1, 0.15) is 47.5 Å². The Kier molecular flexibility index (Phi) is 5.35. The Morgan fingerprint density at radius 3 is 2.24 bits per heavy atom. The number of hydrogen-bond acceptors (Lipinski definition) is 4. The van der Waals surface area contributed by atoms with Crippen molar-refractivity contribution < 1.29 is 19.1 Å². The summed E-state index contributed by atoms with van der Waals surface area (Å²) >= 11 is 0. The summed E-state index contributed by atoms with van der Waals surface area (Å²) in [6.07, 6.45) is 0.796. The van der Waals surface area contributed by atoms with Gasteiger partial charge in [-0.25, -0.2) is 4.79 Å². The molecule has 0 aromatic rings. The Bertz CT molecular complexity index is 557. The lowest BCUT2D eigenvalue weighted by Gasteiger charge is -2.38. The van der Waals surface area contributed by atoms with Gasteiger partial charge in [0, 0.05) is 20.1 Å². The molecule has 7 nitrogen and oxygen atoms in total. The lowest BCUT2D eigenvalue weighted by molar-refractivity contribution is -0.140. The van der Waals surface area contributed by atoms with E-state index in [0.29, 0.717) is 19.5 Å². The van der Waals surface area contributed by atoms with Crippen LogP contribution >= 0.6 is 0 Å². The summed E-state index contributed by atoms with van der Waals surface area (Å²) in [5.41, 5.74) is -1.51. The van der Waals surface area contributed by atoms with Gasteiger partial charge in [0.05, 0.1) is 5.92 Å². The Morgan fingerprint density at radius 2 is 1.76 bits per heavy atom. The molecule has 0 spiro atoms. The molecule has 0 aromatic heterocycles. The highest BCUT2D eigenvalue weighted by atomic mass is 16.6. The van der Waals surface area contributed by atoms with Crippen molar-refractivity contribution in [2.45, 2.75) is 58.6 Å². The number of hydrogen-bond donors (Lipinski definition) is 2. The van der Waals surface area contributed by atoms with Gasteiger partial charge in [-0.3, -0.25) is 9.59 Å². The molecule has 1 aliphatic heterocycles. The van der Waals surface area contributed by atoms with Crippen LogP contribution in [0.2, 0.25) is 0 Å². The standard InChI is InChI=1S/C18H31N3O4/c1-11-7-13(14(22)19-6)10-21(9-11)15(23)18(8-12(18)2)20-16(24)25-17(3,4)5/h11-13H,7-10H2,1-6H3,(H,19,22)(H,20,24)/t11?,12-,13?,18-/m0/s1. The van der Waals surface area contributed by atoms with Gasteiger partial charge in [-0.05, 0) is 45.4 Å². The van der Waals surface area contributed by atoms with Gasteiger partial charge in [0.15, 0.2) is 0 Å². The highest BCUT2D eigenvalue weighted by molar-refractivity contribution is 5.94. The highest BCUT2D eigenvalue weighted by Crippen LogP contribution is 2.45. The number of ether oxygens (including phenoxy) is 1. The number of nitrogens with one attached hydrogen (secondary N) is 2. The molecule has 25 heavy (non-hydrogen) atoms. The van der Waals surface area contributed by atoms with E-state index < -0.39 is 17.2 Å². The largest absolute Gasteiger partial charge is 0.444 e. The molecule has 0 aromatic carbocycles. The Labute approximate surface area is 149 Å². The lowest BCUT2D eigenvalue weighted by atomic mass is 9.89. The molecular formula is C18H31N3O4. The molecule has 2 N–H and O–H groups in total. The van der Waals surface area contributed by atoms with Crippen molar-refractivity contribution in [3.8, 4) is 0 Å². The van der Waals surface area contributed by atoms with Gasteiger partial charge < -0.3 is 20.3 Å². The summed E-state index contributed by atoms with van der Waals surface area (Å²) in [6.45, 7) is 10.4. The first-order chi connectivity index (χ1) is 11.5. The molecule has 1 aliphatic carbocycles. The summed E-state index contributed by atoms with van der Waals surface area (Å²) in [6, 6.07) is 0. The third kappa shape index (κ3) is 4.44. The zero-order chi connectivity index (χ0) is 19.0. The molecule has 4 atom stereocenters. The smallest absolute Gasteiger partial charge is 0.408 e. The lowest BCUT2D eigenvalue weighted by Crippen LogP contribution is -2.57. The third-order valence-electron chi connectivity index (χ3n) is 4.98. The van der Waals surface area contributed by atoms with Crippen molar-refractivity contribution in [2.75, 3.05) is 20.1 Å². The normalized spacial score (nSPS) is 31.9. The number of rotatable bonds is 3. The molecule has 2 aliphatic rings. The van der Waals surface area contributed by atoms with E-state index in [4.69, 9.17) is 4.74 Å². The minimum absolute atomic E-state index is 0.0395. The molecule has 2 unspecified atom stereocenters. The average Bonchev–Trinajstić information content (AvgIpc) is 3.13. The molecule has 2 rings (SSSR count). The van der Waals surface area contributed by atoms with Crippen LogP contribution in [0.5, 0.6) is 0 Å². The Morgan fingerprint density at radius 1 is 1.16 bits per heavy atom. The molecule has 2 fully saturated rings. The molecule has 0 radical (unpaired) electrons. The second-order valence-corrected chi connectivity index (χ2v) is 8.57. The van der Waals surface area contributed by atoms with Crippen LogP contribution in [0, 0.1) is 17.8 Å². The van der Waals surface area contributed by atoms with Gasteiger partial charge in [-0.2, -0.15) is 0 Å². The maximum absolute atomic E-state index is 13.1. The van der Waals surface area contributed by atoms with Gasteiger partial charge in [0.1, 0.15) is 11.1 Å². The molecule has 0 bridgehead atoms. The van der Waals surface area contributed by atoms with Crippen molar-refractivity contribution in [1.29, 1.82) is 0 Å². The van der Waals surface area contributed by atoms with Gasteiger partial charge in [0.2, 0.25) is 11.8 Å². The highest BCUT2D eigenvalue weighted by Gasteiger charge is 2.60. The van der Waals surface area contributed by atoms with E-state index in [1.54, 1.807) is 32.7 Å². The van der Waals surface area contributed by atoms with Crippen molar-refractivity contribution in [3.05, 3.63) is 0 Å². The quantitative estimate of drug-likeness (QED) is 0.805. The van der Waals surface area contributed by atoms with E-state index in [9.17, 15) is 14.4 Å². The fourth-order valence-electron chi connectivity index (χ4n) is 3.63. The number of carbonyl (C=O) groups excluding carboxylic acids is 3. The third-order valence-corrected chi connectivity index (χ3v) is 4.98. The molecular weight excluding hydrogens is 322 g/mol. The second-order valence-electron chi connectivity index (χ2n) is 8.57. The number of alkyl carbamates (subject to hydrolysis) is 1. The molecule has 1 saturated carbocycles. The van der Waals surface area contributed by atoms with E-state index in [1.165, 1.54) is 0 Å². The zero-order valence-corrected chi connectivity index (χ0v) is 16.1. The minimum atomic E-state index is -0.896. The van der Waals surface area contributed by atoms with E-state index in [0.717, 1.165) is 6.42 Å². The first-order valence-corrected chi connectivity index (χ1v) is 9.00. The summed E-state index contributed by atoms with van der Waals surface area (Å²) < 4.78 is 5.31. The predicted octanol–water partition coefficient (Wildman–Crippen LogP) is 1.52. The number of carbonyl (C=O) groups is 3. The van der Waals surface area contributed by atoms with Crippen LogP contribution < -0.4 is 10.6 Å². The Balaban J connectivity index is 2.08. The number of nitrogens with zero attached hydrogens (tertiary/aromatic N) is 1. The molecule has 1 saturated heterocycles. The van der Waals surface area contributed by atoms with Crippen molar-refractivity contribution in [3.63, 3.8) is 0 Å². The van der Waals surface area contributed by atoms with Crippen LogP contribution in [-0.2, 0) is 14.3 Å². The predicted molar refractivity (Wildman–Crippen MR) is 93.8 cm³/mol. The van der Waals surface area contributed by atoms with Crippen molar-refractivity contribution in [1.82, 2.24) is 15.5 Å². The van der Waals surface area contributed by atoms with Crippen LogP contribution in [0.15, 0.2) is 0 Å². The van der Waals surface area contributed by atoms with E-state index >= 15 is 0 Å². The van der Waals surface area contributed by atoms with Gasteiger partial charge in [-0.15, -0.1) is 0 Å². The van der Waals surface area contributed by atoms with Crippen LogP contribution in [0.25, 0.3) is 0 Å². The van der Waals surface area contributed by atoms with Gasteiger partial charge in [-0.1, -0.05) is 13.8 Å². The molecule has 7 heteroatoms. The SMILES string of the molecule is CNC(=O)C1CC(C)CN(C(=O)[C@]2(NC(=O)OC(C)(C)C)C[C@@H]2C)C1. The summed E-state index contributed by atoms with van der Waals surface area (Å²) in [4.78, 5) is 39.0. The minimum Gasteiger partial charge on any atom is -0.444 e. The Hall–Kier alpha value is -1.79. The van der Waals surface area contributed by atoms with E-state index in [-0.39, 0.29) is 29.6 Å². The first kappa shape index (κ1) is 19.5. The van der Waals surface area contributed by atoms with Crippen LogP contribution in [0.3, 0.4) is 0 Å². The van der Waals surface area contributed by atoms with Gasteiger partial charge >= 0.3 is 6.09 Å². The number of amides is 3. The number of piperidine rings is 1. The summed E-state index contributed by atoms with van der Waals surface area (Å²) in [5.74, 6) is -0.0465. The fraction of sp³-hybridized carbons (Fsp3) is 0.833. The first-order valence-electron chi connectivity index (χ1n) is 9.00. The van der Waals surface area contributed by atoms with Crippen LogP contribution in [-0.4, -0.2) is 54.1 Å². The van der Waals surface area contributed by atoms with Gasteiger partial charge in [0.25, 0.3) is 0 Å². The summed E-state index contributed by atoms with van der Waals surface area (Å²) in [7, 11) is 1.61. The van der Waals surface area contributed by atoms with E-state index in [2.05, 4.69) is 10.6 Å². The monoisotopic (exact) mass is 353 g/mol. The molecule has 142 valence electrons. The number of likely N-dealkylation sites (tertiary alicyclic amines) is 1. The average molecular weight is 353 g/mol. The summed E-state index contributed by atoms with van der Waals surface area (Å²) in [5, 5.41) is 5.46.